The van der Waals surface area contributed by atoms with Crippen LogP contribution in [0.3, 0.4) is 0 Å². The molecule has 0 unspecified atom stereocenters. The van der Waals surface area contributed by atoms with Crippen molar-refractivity contribution in [3.05, 3.63) is 41.5 Å². The molecule has 4 nitrogen and oxygen atoms in total. The first-order chi connectivity index (χ1) is 4.88. The molecule has 0 aliphatic carbocycles. The van der Waals surface area contributed by atoms with E-state index in [4.69, 9.17) is 0 Å². The van der Waals surface area contributed by atoms with Crippen LogP contribution in [0.2, 0.25) is 0 Å². The van der Waals surface area contributed by atoms with Crippen LogP contribution in [0.15, 0.2) is 34.6 Å². The lowest BCUT2D eigenvalue weighted by atomic mass is 10.3. The van der Waals surface area contributed by atoms with Gasteiger partial charge in [-0.1, -0.05) is 12.1 Å². The van der Waals surface area contributed by atoms with Crippen LogP contribution < -0.4 is 0 Å². The summed E-state index contributed by atoms with van der Waals surface area (Å²) in [5, 5.41) is 5.20. The molecule has 0 saturated heterocycles. The summed E-state index contributed by atoms with van der Waals surface area (Å²) in [5.74, 6) is 0. The van der Waals surface area contributed by atoms with Crippen molar-refractivity contribution in [2.24, 2.45) is 10.4 Å². The molecule has 0 fully saturated rings. The Kier molecular flexibility index (Phi) is 3.66. The van der Waals surface area contributed by atoms with Gasteiger partial charge in [0, 0.05) is 7.43 Å². The number of hydrogen-bond acceptors (Lipinski definition) is 4. The van der Waals surface area contributed by atoms with Crippen molar-refractivity contribution in [1.29, 1.82) is 0 Å². The van der Waals surface area contributed by atoms with Crippen molar-refractivity contribution < 1.29 is 0 Å². The topological polar surface area (TPSA) is 58.9 Å². The molecule has 0 N–H and O–H groups in total. The van der Waals surface area contributed by atoms with E-state index in [9.17, 15) is 9.81 Å². The molecule has 4 radical (unpaired) electrons. The van der Waals surface area contributed by atoms with E-state index in [0.717, 1.165) is 0 Å². The molecule has 0 saturated carbocycles. The van der Waals surface area contributed by atoms with Crippen LogP contribution in [0.1, 0.15) is 0 Å². The van der Waals surface area contributed by atoms with Crippen LogP contribution in [-0.4, -0.2) is 0 Å². The molecule has 4 heteroatoms. The Bertz CT molecular complexity index is 233. The second-order valence-corrected chi connectivity index (χ2v) is 1.67. The zero-order valence-electron chi connectivity index (χ0n) is 5.52. The quantitative estimate of drug-likeness (QED) is 0.605. The van der Waals surface area contributed by atoms with Crippen LogP contribution in [0.4, 0.5) is 11.4 Å². The zero-order chi connectivity index (χ0) is 7.40. The fourth-order valence-electron chi connectivity index (χ4n) is 0.619. The standard InChI is InChI=1S/C6H4N2O2.C/c9-7-5-3-1-2-4-6(5)8-10;/h1-4H;. The third-order valence-corrected chi connectivity index (χ3v) is 1.08. The SMILES string of the molecule is O=Nc1ccccc1N=O.[C]. The summed E-state index contributed by atoms with van der Waals surface area (Å²) in [6.07, 6.45) is 0. The molecule has 0 atom stereocenters. The average Bonchev–Trinajstić information content (AvgIpc) is 2.04. The summed E-state index contributed by atoms with van der Waals surface area (Å²) in [5.41, 5.74) is 0.162. The van der Waals surface area contributed by atoms with E-state index in [1.807, 2.05) is 0 Å². The van der Waals surface area contributed by atoms with E-state index in [1.165, 1.54) is 12.1 Å². The van der Waals surface area contributed by atoms with Gasteiger partial charge in [-0.25, -0.2) is 0 Å². The number of benzene rings is 1. The van der Waals surface area contributed by atoms with E-state index in [0.29, 0.717) is 0 Å². The molecule has 0 aliphatic heterocycles. The van der Waals surface area contributed by atoms with E-state index < -0.39 is 0 Å². The summed E-state index contributed by atoms with van der Waals surface area (Å²) in [7, 11) is 0. The van der Waals surface area contributed by atoms with Crippen molar-refractivity contribution in [3.8, 4) is 0 Å². The highest BCUT2D eigenvalue weighted by Crippen LogP contribution is 2.25. The molecule has 1 rings (SSSR count). The Morgan fingerprint density at radius 3 is 1.55 bits per heavy atom. The van der Waals surface area contributed by atoms with Gasteiger partial charge in [-0.05, 0) is 22.5 Å². The molecule has 0 spiro atoms. The third kappa shape index (κ3) is 1.93. The highest BCUT2D eigenvalue weighted by Gasteiger charge is 1.98. The summed E-state index contributed by atoms with van der Waals surface area (Å²) in [6.45, 7) is 0. The summed E-state index contributed by atoms with van der Waals surface area (Å²) < 4.78 is 0. The Morgan fingerprint density at radius 1 is 0.909 bits per heavy atom. The molecule has 54 valence electrons. The molecular weight excluding hydrogens is 144 g/mol. The maximum atomic E-state index is 9.94. The smallest absolute Gasteiger partial charge is 0.137 e. The molecular formula is C7H4N2O2. The van der Waals surface area contributed by atoms with Gasteiger partial charge in [0.2, 0.25) is 0 Å². The Morgan fingerprint density at radius 2 is 1.27 bits per heavy atom. The van der Waals surface area contributed by atoms with Crippen LogP contribution in [-0.2, 0) is 0 Å². The van der Waals surface area contributed by atoms with Gasteiger partial charge < -0.3 is 0 Å². The van der Waals surface area contributed by atoms with Gasteiger partial charge in [-0.15, -0.1) is 9.81 Å². The summed E-state index contributed by atoms with van der Waals surface area (Å²) >= 11 is 0. The second-order valence-electron chi connectivity index (χ2n) is 1.67. The number of rotatable bonds is 2. The number of hydrogen-bond donors (Lipinski definition) is 0. The fourth-order valence-corrected chi connectivity index (χ4v) is 0.619. The van der Waals surface area contributed by atoms with Gasteiger partial charge >= 0.3 is 0 Å². The predicted octanol–water partition coefficient (Wildman–Crippen LogP) is 2.56. The zero-order valence-corrected chi connectivity index (χ0v) is 5.52. The van der Waals surface area contributed by atoms with E-state index in [2.05, 4.69) is 10.4 Å². The Hall–Kier alpha value is -1.58. The van der Waals surface area contributed by atoms with Gasteiger partial charge in [-0.2, -0.15) is 0 Å². The van der Waals surface area contributed by atoms with Crippen LogP contribution in [0.5, 0.6) is 0 Å². The lowest BCUT2D eigenvalue weighted by molar-refractivity contribution is 1.42. The average molecular weight is 148 g/mol. The predicted molar refractivity (Wildman–Crippen MR) is 40.6 cm³/mol. The van der Waals surface area contributed by atoms with Crippen LogP contribution in [0.25, 0.3) is 0 Å². The second kappa shape index (κ2) is 4.27. The molecule has 1 aromatic rings. The molecule has 0 aliphatic rings. The third-order valence-electron chi connectivity index (χ3n) is 1.08. The number of nitroso groups, excluding NO2 is 2. The summed E-state index contributed by atoms with van der Waals surface area (Å²) in [4.78, 5) is 19.9. The van der Waals surface area contributed by atoms with Gasteiger partial charge in [-0.3, -0.25) is 0 Å². The molecule has 0 heterocycles. The first-order valence-corrected chi connectivity index (χ1v) is 2.64. The van der Waals surface area contributed by atoms with Crippen molar-refractivity contribution in [2.45, 2.75) is 0 Å². The minimum atomic E-state index is 0. The van der Waals surface area contributed by atoms with E-state index in [1.54, 1.807) is 12.1 Å². The maximum absolute atomic E-state index is 9.94. The van der Waals surface area contributed by atoms with E-state index >= 15 is 0 Å². The largest absolute Gasteiger partial charge is 0.145 e. The Balaban J connectivity index is 0.000001000. The first kappa shape index (κ1) is 9.42. The van der Waals surface area contributed by atoms with Gasteiger partial charge in [0.1, 0.15) is 11.4 Å². The minimum Gasteiger partial charge on any atom is -0.145 e. The Labute approximate surface area is 64.2 Å². The van der Waals surface area contributed by atoms with Crippen molar-refractivity contribution >= 4 is 11.4 Å². The molecule has 11 heavy (non-hydrogen) atoms. The highest BCUT2D eigenvalue weighted by molar-refractivity contribution is 5.60. The van der Waals surface area contributed by atoms with Crippen molar-refractivity contribution in [1.82, 2.24) is 0 Å². The fraction of sp³-hybridized carbons (Fsp3) is 0. The summed E-state index contributed by atoms with van der Waals surface area (Å²) in [6, 6.07) is 6.10. The highest BCUT2D eigenvalue weighted by atomic mass is 16.3. The lowest BCUT2D eigenvalue weighted by Crippen LogP contribution is -1.62. The van der Waals surface area contributed by atoms with Crippen molar-refractivity contribution in [3.63, 3.8) is 0 Å². The van der Waals surface area contributed by atoms with Crippen LogP contribution in [0, 0.1) is 17.2 Å². The molecule has 0 aromatic heterocycles. The maximum Gasteiger partial charge on any atom is 0.137 e. The number of nitrogens with zero attached hydrogens (tertiary/aromatic N) is 2. The van der Waals surface area contributed by atoms with Crippen molar-refractivity contribution in [2.75, 3.05) is 0 Å². The van der Waals surface area contributed by atoms with Crippen LogP contribution >= 0.6 is 0 Å². The normalized spacial score (nSPS) is 8.00. The molecule has 1 aromatic carbocycles. The van der Waals surface area contributed by atoms with Gasteiger partial charge in [0.05, 0.1) is 0 Å². The monoisotopic (exact) mass is 148 g/mol. The molecule has 0 amide bonds. The van der Waals surface area contributed by atoms with Gasteiger partial charge in [0.15, 0.2) is 0 Å². The first-order valence-electron chi connectivity index (χ1n) is 2.64. The van der Waals surface area contributed by atoms with E-state index in [-0.39, 0.29) is 18.8 Å². The lowest BCUT2D eigenvalue weighted by Gasteiger charge is -1.88. The van der Waals surface area contributed by atoms with Gasteiger partial charge in [0.25, 0.3) is 0 Å². The minimum absolute atomic E-state index is 0. The molecule has 0 bridgehead atoms.